The van der Waals surface area contributed by atoms with Gasteiger partial charge in [-0.2, -0.15) is 0 Å². The Morgan fingerprint density at radius 2 is 1.83 bits per heavy atom. The molecule has 0 unspecified atom stereocenters. The largest absolute Gasteiger partial charge is 0.762 e. The molecular weight excluding hydrogens is 230 g/mol. The SMILES string of the molecule is CC(C)C=C[C@H](O)[C@H](Cc1ccccc1)N([O-])O. The normalized spacial score (nSPS) is 15.5. The van der Waals surface area contributed by atoms with Crippen LogP contribution < -0.4 is 0 Å². The van der Waals surface area contributed by atoms with Gasteiger partial charge in [-0.05, 0) is 17.9 Å². The summed E-state index contributed by atoms with van der Waals surface area (Å²) in [4.78, 5) is 0. The van der Waals surface area contributed by atoms with Crippen LogP contribution in [0.25, 0.3) is 0 Å². The van der Waals surface area contributed by atoms with Gasteiger partial charge in [-0.1, -0.05) is 56.3 Å². The molecule has 0 aliphatic rings. The second-order valence-electron chi connectivity index (χ2n) is 4.68. The maximum absolute atomic E-state index is 11.1. The third-order valence-corrected chi connectivity index (χ3v) is 2.66. The van der Waals surface area contributed by atoms with Crippen molar-refractivity contribution in [3.63, 3.8) is 0 Å². The second kappa shape index (κ2) is 7.28. The summed E-state index contributed by atoms with van der Waals surface area (Å²) in [6, 6.07) is 8.42. The van der Waals surface area contributed by atoms with Gasteiger partial charge in [0.25, 0.3) is 0 Å². The number of aliphatic hydroxyl groups is 1. The lowest BCUT2D eigenvalue weighted by Crippen LogP contribution is -2.39. The van der Waals surface area contributed by atoms with Crippen LogP contribution in [-0.4, -0.2) is 27.7 Å². The average Bonchev–Trinajstić information content (AvgIpc) is 2.34. The Labute approximate surface area is 108 Å². The molecule has 0 aromatic heterocycles. The fourth-order valence-electron chi connectivity index (χ4n) is 1.65. The van der Waals surface area contributed by atoms with Gasteiger partial charge in [0.15, 0.2) is 0 Å². The van der Waals surface area contributed by atoms with Gasteiger partial charge < -0.3 is 15.5 Å². The molecule has 4 heteroatoms. The Morgan fingerprint density at radius 3 is 2.33 bits per heavy atom. The molecule has 0 saturated carbocycles. The summed E-state index contributed by atoms with van der Waals surface area (Å²) in [5.41, 5.74) is 0.898. The van der Waals surface area contributed by atoms with E-state index in [1.807, 2.05) is 50.3 Å². The number of hydroxylamine groups is 2. The quantitative estimate of drug-likeness (QED) is 0.601. The van der Waals surface area contributed by atoms with Gasteiger partial charge in [0.2, 0.25) is 0 Å². The minimum absolute atomic E-state index is 0.164. The highest BCUT2D eigenvalue weighted by Crippen LogP contribution is 2.12. The van der Waals surface area contributed by atoms with E-state index in [0.29, 0.717) is 6.42 Å². The first kappa shape index (κ1) is 14.9. The monoisotopic (exact) mass is 250 g/mol. The van der Waals surface area contributed by atoms with Crippen LogP contribution in [0.5, 0.6) is 0 Å². The standard InChI is InChI=1S/C14H20NO3/c1-11(2)8-9-14(16)13(15(17)18)10-12-6-4-3-5-7-12/h3-9,11,13-14,16-17H,10H2,1-2H3/q-1/t13-,14-/m0/s1. The molecule has 100 valence electrons. The van der Waals surface area contributed by atoms with Crippen LogP contribution >= 0.6 is 0 Å². The van der Waals surface area contributed by atoms with Gasteiger partial charge in [0.1, 0.15) is 0 Å². The Hall–Kier alpha value is -1.20. The molecule has 0 aliphatic carbocycles. The number of aliphatic hydroxyl groups excluding tert-OH is 1. The van der Waals surface area contributed by atoms with E-state index in [1.54, 1.807) is 6.08 Å². The van der Waals surface area contributed by atoms with Crippen LogP contribution in [0.15, 0.2) is 42.5 Å². The van der Waals surface area contributed by atoms with E-state index in [2.05, 4.69) is 0 Å². The topological polar surface area (TPSA) is 66.8 Å². The predicted molar refractivity (Wildman–Crippen MR) is 70.9 cm³/mol. The number of benzene rings is 1. The molecule has 2 N–H and O–H groups in total. The van der Waals surface area contributed by atoms with Crippen LogP contribution in [0.1, 0.15) is 19.4 Å². The molecule has 0 saturated heterocycles. The molecule has 0 radical (unpaired) electrons. The predicted octanol–water partition coefficient (Wildman–Crippen LogP) is 2.36. The molecule has 1 aromatic carbocycles. The Bertz CT molecular complexity index is 363. The molecule has 0 heterocycles. The molecule has 0 fully saturated rings. The highest BCUT2D eigenvalue weighted by molar-refractivity contribution is 5.17. The molecule has 0 amide bonds. The van der Waals surface area contributed by atoms with E-state index in [1.165, 1.54) is 0 Å². The van der Waals surface area contributed by atoms with Crippen molar-refractivity contribution in [2.75, 3.05) is 0 Å². The molecule has 0 spiro atoms. The third-order valence-electron chi connectivity index (χ3n) is 2.66. The number of rotatable bonds is 6. The molecule has 1 aromatic rings. The number of allylic oxidation sites excluding steroid dienone is 1. The average molecular weight is 250 g/mol. The zero-order chi connectivity index (χ0) is 13.5. The summed E-state index contributed by atoms with van der Waals surface area (Å²) in [6.07, 6.45) is 2.67. The molecule has 18 heavy (non-hydrogen) atoms. The van der Waals surface area contributed by atoms with Crippen molar-refractivity contribution in [2.45, 2.75) is 32.4 Å². The van der Waals surface area contributed by atoms with E-state index in [0.717, 1.165) is 5.56 Å². The lowest BCUT2D eigenvalue weighted by Gasteiger charge is -2.33. The smallest absolute Gasteiger partial charge is 0.0891 e. The summed E-state index contributed by atoms with van der Waals surface area (Å²) in [5, 5.41) is 29.9. The summed E-state index contributed by atoms with van der Waals surface area (Å²) in [6.45, 7) is 3.95. The van der Waals surface area contributed by atoms with Crippen molar-refractivity contribution in [3.8, 4) is 0 Å². The van der Waals surface area contributed by atoms with Crippen LogP contribution in [0.4, 0.5) is 0 Å². The van der Waals surface area contributed by atoms with Crippen molar-refractivity contribution in [1.29, 1.82) is 0 Å². The summed E-state index contributed by atoms with van der Waals surface area (Å²) in [5.74, 6) is 0.288. The molecule has 4 nitrogen and oxygen atoms in total. The van der Waals surface area contributed by atoms with Crippen LogP contribution in [0.3, 0.4) is 0 Å². The van der Waals surface area contributed by atoms with Crippen LogP contribution in [-0.2, 0) is 6.42 Å². The van der Waals surface area contributed by atoms with Gasteiger partial charge in [-0.25, -0.2) is 0 Å². The van der Waals surface area contributed by atoms with Crippen molar-refractivity contribution in [3.05, 3.63) is 53.3 Å². The number of nitrogens with zero attached hydrogens (tertiary/aromatic N) is 1. The van der Waals surface area contributed by atoms with E-state index in [-0.39, 0.29) is 11.1 Å². The first-order valence-electron chi connectivity index (χ1n) is 6.06. The highest BCUT2D eigenvalue weighted by atomic mass is 16.8. The summed E-state index contributed by atoms with van der Waals surface area (Å²) < 4.78 is 0. The minimum Gasteiger partial charge on any atom is -0.762 e. The Kier molecular flexibility index (Phi) is 6.01. The Morgan fingerprint density at radius 1 is 1.22 bits per heavy atom. The van der Waals surface area contributed by atoms with E-state index in [4.69, 9.17) is 5.21 Å². The highest BCUT2D eigenvalue weighted by Gasteiger charge is 2.18. The molecule has 0 aliphatic heterocycles. The van der Waals surface area contributed by atoms with Gasteiger partial charge in [-0.3, -0.25) is 5.23 Å². The molecule has 1 rings (SSSR count). The van der Waals surface area contributed by atoms with Crippen LogP contribution in [0.2, 0.25) is 0 Å². The molecular formula is C14H20NO3-. The summed E-state index contributed by atoms with van der Waals surface area (Å²) in [7, 11) is 0. The first-order valence-corrected chi connectivity index (χ1v) is 6.06. The number of hydrogen-bond acceptors (Lipinski definition) is 4. The zero-order valence-electron chi connectivity index (χ0n) is 10.7. The zero-order valence-corrected chi connectivity index (χ0v) is 10.7. The van der Waals surface area contributed by atoms with E-state index < -0.39 is 12.1 Å². The van der Waals surface area contributed by atoms with Crippen LogP contribution in [0, 0.1) is 11.1 Å². The lowest BCUT2D eigenvalue weighted by atomic mass is 10.0. The van der Waals surface area contributed by atoms with Gasteiger partial charge in [0.05, 0.1) is 12.1 Å². The van der Waals surface area contributed by atoms with Crippen molar-refractivity contribution >= 4 is 0 Å². The second-order valence-corrected chi connectivity index (χ2v) is 4.68. The van der Waals surface area contributed by atoms with Gasteiger partial charge in [-0.15, -0.1) is 0 Å². The van der Waals surface area contributed by atoms with Crippen molar-refractivity contribution in [2.24, 2.45) is 5.92 Å². The van der Waals surface area contributed by atoms with Gasteiger partial charge in [0, 0.05) is 0 Å². The van der Waals surface area contributed by atoms with E-state index in [9.17, 15) is 10.3 Å². The maximum atomic E-state index is 11.1. The third kappa shape index (κ3) is 4.98. The fraction of sp³-hybridized carbons (Fsp3) is 0.429. The minimum atomic E-state index is -0.991. The first-order chi connectivity index (χ1) is 8.50. The lowest BCUT2D eigenvalue weighted by molar-refractivity contribution is -0.105. The maximum Gasteiger partial charge on any atom is 0.0891 e. The van der Waals surface area contributed by atoms with E-state index >= 15 is 0 Å². The summed E-state index contributed by atoms with van der Waals surface area (Å²) >= 11 is 0. The van der Waals surface area contributed by atoms with Gasteiger partial charge >= 0.3 is 0 Å². The Balaban J connectivity index is 2.71. The molecule has 2 atom stereocenters. The van der Waals surface area contributed by atoms with Crippen molar-refractivity contribution < 1.29 is 10.3 Å². The fourth-order valence-corrected chi connectivity index (χ4v) is 1.65. The molecule has 0 bridgehead atoms. The van der Waals surface area contributed by atoms with Crippen molar-refractivity contribution in [1.82, 2.24) is 5.23 Å². The number of hydrogen-bond donors (Lipinski definition) is 2.